The summed E-state index contributed by atoms with van der Waals surface area (Å²) in [5, 5.41) is 3.68. The minimum atomic E-state index is 0.519. The van der Waals surface area contributed by atoms with E-state index in [1.165, 1.54) is 51.4 Å². The second-order valence-electron chi connectivity index (χ2n) is 7.52. The number of nitrogens with one attached hydrogen (secondary N) is 1. The lowest BCUT2D eigenvalue weighted by atomic mass is 9.75. The summed E-state index contributed by atoms with van der Waals surface area (Å²) >= 11 is 0. The van der Waals surface area contributed by atoms with Crippen LogP contribution in [0.15, 0.2) is 0 Å². The zero-order chi connectivity index (χ0) is 14.4. The van der Waals surface area contributed by atoms with Gasteiger partial charge < -0.3 is 10.1 Å². The first-order valence-corrected chi connectivity index (χ1v) is 9.01. The maximum atomic E-state index is 6.25. The van der Waals surface area contributed by atoms with Crippen LogP contribution in [0.3, 0.4) is 0 Å². The Morgan fingerprint density at radius 1 is 1.10 bits per heavy atom. The summed E-state index contributed by atoms with van der Waals surface area (Å²) in [5.74, 6) is 2.41. The summed E-state index contributed by atoms with van der Waals surface area (Å²) in [6, 6.07) is 0.799. The molecule has 2 fully saturated rings. The van der Waals surface area contributed by atoms with Crippen molar-refractivity contribution in [1.29, 1.82) is 0 Å². The van der Waals surface area contributed by atoms with Crippen molar-refractivity contribution in [3.8, 4) is 0 Å². The van der Waals surface area contributed by atoms with E-state index in [0.29, 0.717) is 6.10 Å². The van der Waals surface area contributed by atoms with E-state index in [2.05, 4.69) is 26.1 Å². The minimum absolute atomic E-state index is 0.519. The molecule has 2 aliphatic rings. The largest absolute Gasteiger partial charge is 0.378 e. The van der Waals surface area contributed by atoms with Gasteiger partial charge in [-0.3, -0.25) is 0 Å². The van der Waals surface area contributed by atoms with Gasteiger partial charge in [-0.15, -0.1) is 0 Å². The molecule has 2 saturated carbocycles. The average Bonchev–Trinajstić information content (AvgIpc) is 2.91. The van der Waals surface area contributed by atoms with E-state index < -0.39 is 0 Å². The molecule has 0 saturated heterocycles. The lowest BCUT2D eigenvalue weighted by Gasteiger charge is -2.37. The summed E-state index contributed by atoms with van der Waals surface area (Å²) in [6.45, 7) is 9.19. The predicted molar refractivity (Wildman–Crippen MR) is 86.0 cm³/mol. The van der Waals surface area contributed by atoms with Crippen LogP contribution in [-0.2, 0) is 4.74 Å². The Balaban J connectivity index is 1.60. The second kappa shape index (κ2) is 8.38. The van der Waals surface area contributed by atoms with Crippen LogP contribution in [0, 0.1) is 17.8 Å². The van der Waals surface area contributed by atoms with Gasteiger partial charge in [-0.25, -0.2) is 0 Å². The van der Waals surface area contributed by atoms with Crippen molar-refractivity contribution >= 4 is 0 Å². The molecular formula is C18H35NO. The molecule has 1 N–H and O–H groups in total. The molecule has 2 nitrogen and oxygen atoms in total. The molecule has 0 aliphatic heterocycles. The van der Waals surface area contributed by atoms with E-state index >= 15 is 0 Å². The van der Waals surface area contributed by atoms with Gasteiger partial charge in [-0.1, -0.05) is 40.0 Å². The molecule has 0 spiro atoms. The van der Waals surface area contributed by atoms with Crippen LogP contribution in [0.2, 0.25) is 0 Å². The van der Waals surface area contributed by atoms with Crippen LogP contribution >= 0.6 is 0 Å². The van der Waals surface area contributed by atoms with Crippen LogP contribution in [0.25, 0.3) is 0 Å². The van der Waals surface area contributed by atoms with Crippen LogP contribution in [-0.4, -0.2) is 25.3 Å². The third kappa shape index (κ3) is 5.04. The van der Waals surface area contributed by atoms with E-state index in [9.17, 15) is 0 Å². The smallest absolute Gasteiger partial charge is 0.0608 e. The van der Waals surface area contributed by atoms with Gasteiger partial charge >= 0.3 is 0 Å². The van der Waals surface area contributed by atoms with Crippen LogP contribution in [0.1, 0.15) is 72.1 Å². The standard InChI is InChI=1S/C18H35NO/c1-14(2)17-10-9-15(3)13-18(17)20-12-6-11-19-16-7-4-5-8-16/h14-19H,4-13H2,1-3H3. The Kier molecular flexibility index (Phi) is 6.83. The maximum Gasteiger partial charge on any atom is 0.0608 e. The molecule has 0 aromatic heterocycles. The summed E-state index contributed by atoms with van der Waals surface area (Å²) in [4.78, 5) is 0. The Morgan fingerprint density at radius 2 is 1.85 bits per heavy atom. The SMILES string of the molecule is CC1CCC(C(C)C)C(OCCCNC2CCCC2)C1. The molecule has 2 heteroatoms. The first-order chi connectivity index (χ1) is 9.66. The summed E-state index contributed by atoms with van der Waals surface area (Å²) in [7, 11) is 0. The van der Waals surface area contributed by atoms with Gasteiger partial charge in [0.15, 0.2) is 0 Å². The number of ether oxygens (including phenoxy) is 1. The number of rotatable bonds is 7. The third-order valence-corrected chi connectivity index (χ3v) is 5.40. The van der Waals surface area contributed by atoms with E-state index in [4.69, 9.17) is 4.74 Å². The van der Waals surface area contributed by atoms with Crippen LogP contribution in [0.4, 0.5) is 0 Å². The normalized spacial score (nSPS) is 32.1. The van der Waals surface area contributed by atoms with Gasteiger partial charge in [-0.2, -0.15) is 0 Å². The first-order valence-electron chi connectivity index (χ1n) is 9.01. The first kappa shape index (κ1) is 16.3. The molecule has 0 aromatic carbocycles. The zero-order valence-electron chi connectivity index (χ0n) is 13.9. The summed E-state index contributed by atoms with van der Waals surface area (Å²) in [5.41, 5.74) is 0. The minimum Gasteiger partial charge on any atom is -0.378 e. The maximum absolute atomic E-state index is 6.25. The highest BCUT2D eigenvalue weighted by molar-refractivity contribution is 4.81. The molecule has 3 unspecified atom stereocenters. The van der Waals surface area contributed by atoms with Crippen molar-refractivity contribution in [3.05, 3.63) is 0 Å². The highest BCUT2D eigenvalue weighted by atomic mass is 16.5. The van der Waals surface area contributed by atoms with Gasteiger partial charge in [-0.05, 0) is 56.4 Å². The number of hydrogen-bond acceptors (Lipinski definition) is 2. The van der Waals surface area contributed by atoms with E-state index in [-0.39, 0.29) is 0 Å². The van der Waals surface area contributed by atoms with Crippen molar-refractivity contribution in [3.63, 3.8) is 0 Å². The molecular weight excluding hydrogens is 246 g/mol. The van der Waals surface area contributed by atoms with E-state index in [1.807, 2.05) is 0 Å². The molecule has 0 amide bonds. The topological polar surface area (TPSA) is 21.3 Å². The van der Waals surface area contributed by atoms with Gasteiger partial charge in [0.2, 0.25) is 0 Å². The van der Waals surface area contributed by atoms with Crippen molar-refractivity contribution in [2.75, 3.05) is 13.2 Å². The van der Waals surface area contributed by atoms with Crippen molar-refractivity contribution in [1.82, 2.24) is 5.32 Å². The molecule has 0 radical (unpaired) electrons. The van der Waals surface area contributed by atoms with E-state index in [1.54, 1.807) is 0 Å². The molecule has 2 aliphatic carbocycles. The van der Waals surface area contributed by atoms with Gasteiger partial charge in [0.05, 0.1) is 6.10 Å². The lowest BCUT2D eigenvalue weighted by Crippen LogP contribution is -2.35. The monoisotopic (exact) mass is 281 g/mol. The number of hydrogen-bond donors (Lipinski definition) is 1. The highest BCUT2D eigenvalue weighted by Crippen LogP contribution is 2.35. The molecule has 0 heterocycles. The summed E-state index contributed by atoms with van der Waals surface area (Å²) < 4.78 is 6.25. The molecule has 2 rings (SSSR count). The average molecular weight is 281 g/mol. The Bertz CT molecular complexity index is 260. The van der Waals surface area contributed by atoms with Crippen LogP contribution < -0.4 is 5.32 Å². The van der Waals surface area contributed by atoms with Crippen molar-refractivity contribution in [2.45, 2.75) is 84.3 Å². The van der Waals surface area contributed by atoms with Gasteiger partial charge in [0, 0.05) is 12.6 Å². The van der Waals surface area contributed by atoms with Crippen LogP contribution in [0.5, 0.6) is 0 Å². The predicted octanol–water partition coefficient (Wildman–Crippen LogP) is 4.39. The second-order valence-corrected chi connectivity index (χ2v) is 7.52. The lowest BCUT2D eigenvalue weighted by molar-refractivity contribution is -0.0389. The fourth-order valence-electron chi connectivity index (χ4n) is 4.05. The molecule has 0 aromatic rings. The Hall–Kier alpha value is -0.0800. The van der Waals surface area contributed by atoms with Crippen molar-refractivity contribution < 1.29 is 4.74 Å². The zero-order valence-corrected chi connectivity index (χ0v) is 13.9. The van der Waals surface area contributed by atoms with Crippen molar-refractivity contribution in [2.24, 2.45) is 17.8 Å². The fraction of sp³-hybridized carbons (Fsp3) is 1.00. The summed E-state index contributed by atoms with van der Waals surface area (Å²) in [6.07, 6.45) is 11.3. The Morgan fingerprint density at radius 3 is 2.55 bits per heavy atom. The third-order valence-electron chi connectivity index (χ3n) is 5.40. The van der Waals surface area contributed by atoms with Gasteiger partial charge in [0.25, 0.3) is 0 Å². The molecule has 118 valence electrons. The molecule has 20 heavy (non-hydrogen) atoms. The molecule has 0 bridgehead atoms. The quantitative estimate of drug-likeness (QED) is 0.699. The van der Waals surface area contributed by atoms with Gasteiger partial charge in [0.1, 0.15) is 0 Å². The highest BCUT2D eigenvalue weighted by Gasteiger charge is 2.31. The Labute approximate surface area is 126 Å². The fourth-order valence-corrected chi connectivity index (χ4v) is 4.05. The molecule has 3 atom stereocenters. The van der Waals surface area contributed by atoms with E-state index in [0.717, 1.165) is 36.9 Å².